The van der Waals surface area contributed by atoms with Crippen LogP contribution >= 0.6 is 11.6 Å². The second kappa shape index (κ2) is 4.14. The lowest BCUT2D eigenvalue weighted by Gasteiger charge is -2.28. The molecule has 0 aromatic heterocycles. The number of guanidine groups is 1. The maximum atomic E-state index is 5.88. The highest BCUT2D eigenvalue weighted by molar-refractivity contribution is 6.26. The van der Waals surface area contributed by atoms with Gasteiger partial charge in [0, 0.05) is 12.5 Å². The third-order valence-electron chi connectivity index (χ3n) is 1.58. The van der Waals surface area contributed by atoms with Crippen LogP contribution < -0.4 is 16.4 Å². The molecular weight excluding hydrogens is 202 g/mol. The van der Waals surface area contributed by atoms with Crippen LogP contribution in [-0.4, -0.2) is 23.1 Å². The Bertz CT molecular complexity index is 269. The van der Waals surface area contributed by atoms with Crippen molar-refractivity contribution in [2.24, 2.45) is 15.7 Å². The summed E-state index contributed by atoms with van der Waals surface area (Å²) in [6, 6.07) is 0.175. The van der Waals surface area contributed by atoms with Crippen molar-refractivity contribution >= 4 is 23.4 Å². The van der Waals surface area contributed by atoms with Gasteiger partial charge in [-0.25, -0.2) is 4.99 Å². The van der Waals surface area contributed by atoms with Gasteiger partial charge < -0.3 is 10.6 Å². The number of hydrogen-bond acceptors (Lipinski definition) is 3. The van der Waals surface area contributed by atoms with Gasteiger partial charge in [0.25, 0.3) is 5.25 Å². The van der Waals surface area contributed by atoms with E-state index >= 15 is 0 Å². The summed E-state index contributed by atoms with van der Waals surface area (Å²) >= 11 is 5.88. The van der Waals surface area contributed by atoms with E-state index in [0.717, 1.165) is 12.3 Å². The van der Waals surface area contributed by atoms with Crippen molar-refractivity contribution in [1.29, 1.82) is 0 Å². The molecule has 1 atom stereocenters. The lowest BCUT2D eigenvalue weighted by atomic mass is 10.4. The summed E-state index contributed by atoms with van der Waals surface area (Å²) in [5, 5.41) is 4.52. The maximum Gasteiger partial charge on any atom is 0.266 e. The molecule has 1 unspecified atom stereocenters. The average molecular weight is 218 g/mol. The fraction of sp³-hybridized carbons (Fsp3) is 0.750. The molecule has 0 aliphatic carbocycles. The van der Waals surface area contributed by atoms with Crippen molar-refractivity contribution in [3.05, 3.63) is 0 Å². The van der Waals surface area contributed by atoms with Crippen molar-refractivity contribution < 1.29 is 0 Å². The van der Waals surface area contributed by atoms with E-state index < -0.39 is 5.25 Å². The highest BCUT2D eigenvalue weighted by Gasteiger charge is 2.27. The first kappa shape index (κ1) is 11.3. The van der Waals surface area contributed by atoms with Gasteiger partial charge in [0.05, 0.1) is 0 Å². The Morgan fingerprint density at radius 3 is 2.79 bits per heavy atom. The summed E-state index contributed by atoms with van der Waals surface area (Å²) in [5.74, 6) is 1.31. The molecule has 0 amide bonds. The Kier molecular flexibility index (Phi) is 3.34. The minimum Gasteiger partial charge on any atom is -0.315 e. The molecule has 5 nitrogen and oxygen atoms in total. The standard InChI is InChI=1S/C8H16ClN5/c1-4-6-12-7(11-5(2)3)14-8(9,10)13-6/h5H,4,10H2,1-3H3,(H2,11,12,13,14). The van der Waals surface area contributed by atoms with Gasteiger partial charge in [0.2, 0.25) is 5.96 Å². The van der Waals surface area contributed by atoms with E-state index in [1.807, 2.05) is 20.8 Å². The Hall–Kier alpha value is -0.810. The molecule has 1 heterocycles. The van der Waals surface area contributed by atoms with Gasteiger partial charge in [0.1, 0.15) is 5.84 Å². The smallest absolute Gasteiger partial charge is 0.266 e. The molecule has 0 radical (unpaired) electrons. The average Bonchev–Trinajstić information content (AvgIpc) is 1.99. The quantitative estimate of drug-likeness (QED) is 0.468. The molecule has 0 aromatic carbocycles. The van der Waals surface area contributed by atoms with E-state index in [1.165, 1.54) is 0 Å². The van der Waals surface area contributed by atoms with Crippen molar-refractivity contribution in [3.63, 3.8) is 0 Å². The van der Waals surface area contributed by atoms with Crippen LogP contribution in [0.1, 0.15) is 27.2 Å². The van der Waals surface area contributed by atoms with Gasteiger partial charge in [-0.15, -0.1) is 0 Å². The normalized spacial score (nSPS) is 29.9. The third kappa shape index (κ3) is 3.16. The first-order chi connectivity index (χ1) is 6.43. The zero-order valence-corrected chi connectivity index (χ0v) is 9.39. The SMILES string of the molecule is CCC1=NC(N)(Cl)NC(=NC(C)C)N1. The van der Waals surface area contributed by atoms with Crippen LogP contribution in [0.25, 0.3) is 0 Å². The number of nitrogens with one attached hydrogen (secondary N) is 2. The lowest BCUT2D eigenvalue weighted by molar-refractivity contribution is 0.561. The van der Waals surface area contributed by atoms with Crippen molar-refractivity contribution in [2.45, 2.75) is 38.5 Å². The monoisotopic (exact) mass is 217 g/mol. The predicted octanol–water partition coefficient (Wildman–Crippen LogP) is 0.561. The Morgan fingerprint density at radius 2 is 2.29 bits per heavy atom. The summed E-state index contributed by atoms with van der Waals surface area (Å²) in [7, 11) is 0. The summed E-state index contributed by atoms with van der Waals surface area (Å²) in [4.78, 5) is 8.33. The van der Waals surface area contributed by atoms with Gasteiger partial charge in [0.15, 0.2) is 0 Å². The summed E-state index contributed by atoms with van der Waals surface area (Å²) in [6.07, 6.45) is 0.741. The first-order valence-electron chi connectivity index (χ1n) is 4.62. The van der Waals surface area contributed by atoms with E-state index in [-0.39, 0.29) is 6.04 Å². The Balaban J connectivity index is 2.84. The van der Waals surface area contributed by atoms with E-state index in [9.17, 15) is 0 Å². The van der Waals surface area contributed by atoms with Crippen molar-refractivity contribution in [1.82, 2.24) is 10.6 Å². The van der Waals surface area contributed by atoms with E-state index in [4.69, 9.17) is 17.3 Å². The van der Waals surface area contributed by atoms with Gasteiger partial charge >= 0.3 is 0 Å². The molecule has 0 fully saturated rings. The molecule has 0 spiro atoms. The number of nitrogens with zero attached hydrogens (tertiary/aromatic N) is 2. The van der Waals surface area contributed by atoms with Crippen LogP contribution in [0.3, 0.4) is 0 Å². The van der Waals surface area contributed by atoms with Crippen LogP contribution in [0.2, 0.25) is 0 Å². The lowest BCUT2D eigenvalue weighted by Crippen LogP contribution is -2.60. The predicted molar refractivity (Wildman–Crippen MR) is 59.3 cm³/mol. The Morgan fingerprint density at radius 1 is 1.64 bits per heavy atom. The van der Waals surface area contributed by atoms with Crippen LogP contribution in [0.5, 0.6) is 0 Å². The number of alkyl halides is 1. The number of hydrogen-bond donors (Lipinski definition) is 3. The molecule has 6 heteroatoms. The van der Waals surface area contributed by atoms with E-state index in [1.54, 1.807) is 0 Å². The van der Waals surface area contributed by atoms with E-state index in [0.29, 0.717) is 5.96 Å². The second-order valence-electron chi connectivity index (χ2n) is 3.41. The van der Waals surface area contributed by atoms with Crippen LogP contribution in [0.4, 0.5) is 0 Å². The number of nitrogens with two attached hydrogens (primary N) is 1. The molecule has 0 bridgehead atoms. The van der Waals surface area contributed by atoms with Gasteiger partial charge in [-0.3, -0.25) is 10.7 Å². The Labute approximate surface area is 88.8 Å². The number of rotatable bonds is 2. The number of amidine groups is 1. The molecule has 4 N–H and O–H groups in total. The van der Waals surface area contributed by atoms with Gasteiger partial charge in [-0.2, -0.15) is 0 Å². The second-order valence-corrected chi connectivity index (χ2v) is 3.98. The molecule has 1 aliphatic rings. The molecule has 0 aromatic rings. The number of aliphatic imine (C=N–C) groups is 2. The minimum absolute atomic E-state index is 0.175. The van der Waals surface area contributed by atoms with Gasteiger partial charge in [-0.1, -0.05) is 18.5 Å². The summed E-state index contributed by atoms with van der Waals surface area (Å²) in [5.41, 5.74) is 5.66. The molecule has 1 aliphatic heterocycles. The van der Waals surface area contributed by atoms with Crippen LogP contribution in [-0.2, 0) is 0 Å². The number of halogens is 1. The zero-order valence-electron chi connectivity index (χ0n) is 8.63. The maximum absolute atomic E-state index is 5.88. The molecule has 14 heavy (non-hydrogen) atoms. The molecular formula is C8H16ClN5. The molecule has 1 rings (SSSR count). The summed E-state index contributed by atoms with van der Waals surface area (Å²) < 4.78 is 0. The van der Waals surface area contributed by atoms with E-state index in [2.05, 4.69) is 20.6 Å². The molecule has 80 valence electrons. The summed E-state index contributed by atoms with van der Waals surface area (Å²) in [6.45, 7) is 5.91. The first-order valence-corrected chi connectivity index (χ1v) is 5.00. The highest BCUT2D eigenvalue weighted by Crippen LogP contribution is 2.09. The minimum atomic E-state index is -1.27. The largest absolute Gasteiger partial charge is 0.315 e. The van der Waals surface area contributed by atoms with Crippen molar-refractivity contribution in [2.75, 3.05) is 0 Å². The fourth-order valence-electron chi connectivity index (χ4n) is 1.08. The molecule has 0 saturated carbocycles. The zero-order chi connectivity index (χ0) is 10.8. The topological polar surface area (TPSA) is 74.8 Å². The van der Waals surface area contributed by atoms with Crippen LogP contribution in [0, 0.1) is 0 Å². The fourth-order valence-corrected chi connectivity index (χ4v) is 1.27. The highest BCUT2D eigenvalue weighted by atomic mass is 35.5. The molecule has 0 saturated heterocycles. The van der Waals surface area contributed by atoms with Crippen molar-refractivity contribution in [3.8, 4) is 0 Å². The van der Waals surface area contributed by atoms with Crippen LogP contribution in [0.15, 0.2) is 9.98 Å². The van der Waals surface area contributed by atoms with Gasteiger partial charge in [-0.05, 0) is 13.8 Å². The third-order valence-corrected chi connectivity index (χ3v) is 1.76.